The third kappa shape index (κ3) is 3.97. The van der Waals surface area contributed by atoms with E-state index in [1.165, 1.54) is 5.56 Å². The Labute approximate surface area is 128 Å². The molecule has 1 heterocycles. The molecule has 0 aromatic heterocycles. The number of carbonyl (C=O) groups is 1. The summed E-state index contributed by atoms with van der Waals surface area (Å²) < 4.78 is 0. The van der Waals surface area contributed by atoms with Crippen molar-refractivity contribution in [1.82, 2.24) is 9.80 Å². The molecule has 0 unspecified atom stereocenters. The molecule has 0 saturated carbocycles. The molecule has 0 radical (unpaired) electrons. The van der Waals surface area contributed by atoms with Crippen molar-refractivity contribution in [2.75, 3.05) is 44.6 Å². The van der Waals surface area contributed by atoms with Gasteiger partial charge in [-0.1, -0.05) is 19.9 Å². The van der Waals surface area contributed by atoms with Crippen molar-refractivity contribution in [3.63, 3.8) is 0 Å². The highest BCUT2D eigenvalue weighted by molar-refractivity contribution is 5.99. The number of nitrogens with one attached hydrogen (secondary N) is 1. The lowest BCUT2D eigenvalue weighted by molar-refractivity contribution is 0.0644. The van der Waals surface area contributed by atoms with Gasteiger partial charge in [0.15, 0.2) is 0 Å². The largest absolute Gasteiger partial charge is 0.384 e. The number of carbonyl (C=O) groups excluding carboxylic acids is 1. The first kappa shape index (κ1) is 15.8. The van der Waals surface area contributed by atoms with Gasteiger partial charge in [0, 0.05) is 38.4 Å². The molecule has 0 spiro atoms. The Morgan fingerprint density at radius 2 is 1.90 bits per heavy atom. The lowest BCUT2D eigenvalue weighted by atomic mass is 10.1. The Balaban J connectivity index is 2.11. The van der Waals surface area contributed by atoms with E-state index in [0.717, 1.165) is 56.9 Å². The number of hydrogen-bond acceptors (Lipinski definition) is 3. The Bertz CT molecular complexity index is 479. The normalized spacial score (nSPS) is 16.0. The number of benzene rings is 1. The van der Waals surface area contributed by atoms with Gasteiger partial charge >= 0.3 is 0 Å². The average Bonchev–Trinajstić information content (AvgIpc) is 2.52. The van der Waals surface area contributed by atoms with E-state index in [1.54, 1.807) is 0 Å². The molecule has 0 bridgehead atoms. The Hall–Kier alpha value is -1.55. The molecular formula is C17H27N3O. The van der Waals surface area contributed by atoms with Gasteiger partial charge in [-0.25, -0.2) is 0 Å². The number of hydrogen-bond donors (Lipinski definition) is 1. The van der Waals surface area contributed by atoms with Crippen molar-refractivity contribution in [3.8, 4) is 0 Å². The van der Waals surface area contributed by atoms with Crippen LogP contribution in [0.15, 0.2) is 18.2 Å². The first-order valence-corrected chi connectivity index (χ1v) is 8.01. The molecule has 4 nitrogen and oxygen atoms in total. The van der Waals surface area contributed by atoms with Crippen LogP contribution in [0.25, 0.3) is 0 Å². The van der Waals surface area contributed by atoms with Crippen molar-refractivity contribution in [2.24, 2.45) is 0 Å². The summed E-state index contributed by atoms with van der Waals surface area (Å²) in [6.07, 6.45) is 1.05. The van der Waals surface area contributed by atoms with Gasteiger partial charge in [0.2, 0.25) is 0 Å². The fourth-order valence-corrected chi connectivity index (χ4v) is 2.69. The minimum absolute atomic E-state index is 0.157. The molecule has 1 fully saturated rings. The van der Waals surface area contributed by atoms with E-state index in [9.17, 15) is 4.79 Å². The summed E-state index contributed by atoms with van der Waals surface area (Å²) in [6.45, 7) is 11.9. The second-order valence-corrected chi connectivity index (χ2v) is 5.70. The molecule has 1 aromatic carbocycles. The maximum absolute atomic E-state index is 12.8. The molecule has 1 amide bonds. The number of likely N-dealkylation sites (N-methyl/N-ethyl adjacent to an activating group) is 1. The average molecular weight is 289 g/mol. The third-order valence-electron chi connectivity index (χ3n) is 4.08. The van der Waals surface area contributed by atoms with Crippen LogP contribution in [0, 0.1) is 6.92 Å². The SMILES string of the molecule is CCCNc1cc(C)ccc1C(=O)N1CCN(CC)CC1. The van der Waals surface area contributed by atoms with E-state index < -0.39 is 0 Å². The van der Waals surface area contributed by atoms with Crippen LogP contribution in [0.4, 0.5) is 5.69 Å². The monoisotopic (exact) mass is 289 g/mol. The summed E-state index contributed by atoms with van der Waals surface area (Å²) in [5.74, 6) is 0.157. The predicted molar refractivity (Wildman–Crippen MR) is 88.0 cm³/mol. The van der Waals surface area contributed by atoms with Gasteiger partial charge in [0.25, 0.3) is 5.91 Å². The summed E-state index contributed by atoms with van der Waals surface area (Å²) in [5, 5.41) is 3.39. The van der Waals surface area contributed by atoms with Gasteiger partial charge in [-0.2, -0.15) is 0 Å². The fraction of sp³-hybridized carbons (Fsp3) is 0.588. The summed E-state index contributed by atoms with van der Waals surface area (Å²) in [5.41, 5.74) is 2.96. The van der Waals surface area contributed by atoms with Crippen molar-refractivity contribution in [3.05, 3.63) is 29.3 Å². The molecule has 1 aromatic rings. The van der Waals surface area contributed by atoms with Gasteiger partial charge in [-0.15, -0.1) is 0 Å². The second kappa shape index (κ2) is 7.46. The highest BCUT2D eigenvalue weighted by Crippen LogP contribution is 2.20. The number of amides is 1. The molecular weight excluding hydrogens is 262 g/mol. The molecule has 1 saturated heterocycles. The summed E-state index contributed by atoms with van der Waals surface area (Å²) in [6, 6.07) is 6.06. The molecule has 1 aliphatic heterocycles. The number of nitrogens with zero attached hydrogens (tertiary/aromatic N) is 2. The molecule has 1 aliphatic rings. The van der Waals surface area contributed by atoms with Crippen LogP contribution < -0.4 is 5.32 Å². The summed E-state index contributed by atoms with van der Waals surface area (Å²) in [4.78, 5) is 17.1. The topological polar surface area (TPSA) is 35.6 Å². The second-order valence-electron chi connectivity index (χ2n) is 5.70. The van der Waals surface area contributed by atoms with E-state index in [0.29, 0.717) is 0 Å². The van der Waals surface area contributed by atoms with E-state index in [1.807, 2.05) is 17.0 Å². The highest BCUT2D eigenvalue weighted by Gasteiger charge is 2.23. The van der Waals surface area contributed by atoms with Crippen LogP contribution in [0.3, 0.4) is 0 Å². The van der Waals surface area contributed by atoms with E-state index in [4.69, 9.17) is 0 Å². The minimum atomic E-state index is 0.157. The first-order valence-electron chi connectivity index (χ1n) is 8.01. The summed E-state index contributed by atoms with van der Waals surface area (Å²) in [7, 11) is 0. The van der Waals surface area contributed by atoms with Crippen molar-refractivity contribution in [1.29, 1.82) is 0 Å². The zero-order valence-corrected chi connectivity index (χ0v) is 13.5. The minimum Gasteiger partial charge on any atom is -0.384 e. The number of aryl methyl sites for hydroxylation is 1. The Morgan fingerprint density at radius 1 is 1.19 bits per heavy atom. The van der Waals surface area contributed by atoms with E-state index in [-0.39, 0.29) is 5.91 Å². The van der Waals surface area contributed by atoms with E-state index in [2.05, 4.69) is 37.1 Å². The molecule has 1 N–H and O–H groups in total. The van der Waals surface area contributed by atoms with Crippen LogP contribution in [-0.2, 0) is 0 Å². The molecule has 2 rings (SSSR count). The smallest absolute Gasteiger partial charge is 0.256 e. The molecule has 116 valence electrons. The maximum atomic E-state index is 12.8. The number of rotatable bonds is 5. The van der Waals surface area contributed by atoms with Gasteiger partial charge in [-0.3, -0.25) is 4.79 Å². The van der Waals surface area contributed by atoms with E-state index >= 15 is 0 Å². The van der Waals surface area contributed by atoms with Crippen molar-refractivity contribution in [2.45, 2.75) is 27.2 Å². The fourth-order valence-electron chi connectivity index (χ4n) is 2.69. The quantitative estimate of drug-likeness (QED) is 0.905. The van der Waals surface area contributed by atoms with Crippen LogP contribution >= 0.6 is 0 Å². The van der Waals surface area contributed by atoms with Gasteiger partial charge in [0.05, 0.1) is 5.56 Å². The summed E-state index contributed by atoms with van der Waals surface area (Å²) >= 11 is 0. The lowest BCUT2D eigenvalue weighted by Crippen LogP contribution is -2.48. The van der Waals surface area contributed by atoms with Crippen LogP contribution in [0.5, 0.6) is 0 Å². The number of anilines is 1. The van der Waals surface area contributed by atoms with Crippen LogP contribution in [0.1, 0.15) is 36.2 Å². The maximum Gasteiger partial charge on any atom is 0.256 e. The van der Waals surface area contributed by atoms with Gasteiger partial charge in [0.1, 0.15) is 0 Å². The molecule has 4 heteroatoms. The van der Waals surface area contributed by atoms with Crippen LogP contribution in [0.2, 0.25) is 0 Å². The third-order valence-corrected chi connectivity index (χ3v) is 4.08. The van der Waals surface area contributed by atoms with Crippen molar-refractivity contribution < 1.29 is 4.79 Å². The van der Waals surface area contributed by atoms with Gasteiger partial charge in [-0.05, 0) is 37.6 Å². The predicted octanol–water partition coefficient (Wildman–Crippen LogP) is 2.59. The Kier molecular flexibility index (Phi) is 5.62. The van der Waals surface area contributed by atoms with Crippen LogP contribution in [-0.4, -0.2) is 55.0 Å². The molecule has 0 atom stereocenters. The zero-order valence-electron chi connectivity index (χ0n) is 13.5. The highest BCUT2D eigenvalue weighted by atomic mass is 16.2. The zero-order chi connectivity index (χ0) is 15.2. The van der Waals surface area contributed by atoms with Crippen molar-refractivity contribution >= 4 is 11.6 Å². The lowest BCUT2D eigenvalue weighted by Gasteiger charge is -2.34. The molecule has 21 heavy (non-hydrogen) atoms. The number of piperazine rings is 1. The van der Waals surface area contributed by atoms with Gasteiger partial charge < -0.3 is 15.1 Å². The molecule has 0 aliphatic carbocycles. The first-order chi connectivity index (χ1) is 10.2. The standard InChI is InChI=1S/C17H27N3O/c1-4-8-18-16-13-14(3)6-7-15(16)17(21)20-11-9-19(5-2)10-12-20/h6-7,13,18H,4-5,8-12H2,1-3H3. The Morgan fingerprint density at radius 3 is 2.52 bits per heavy atom.